The van der Waals surface area contributed by atoms with Crippen molar-refractivity contribution in [2.75, 3.05) is 0 Å². The fraction of sp³-hybridized carbons (Fsp3) is 0.250. The second-order valence-corrected chi connectivity index (χ2v) is 7.39. The highest BCUT2D eigenvalue weighted by Gasteiger charge is 2.27. The van der Waals surface area contributed by atoms with Crippen LogP contribution >= 0.6 is 0 Å². The van der Waals surface area contributed by atoms with Crippen LogP contribution in [-0.2, 0) is 16.6 Å². The van der Waals surface area contributed by atoms with Crippen molar-refractivity contribution in [1.29, 1.82) is 0 Å². The van der Waals surface area contributed by atoms with Crippen LogP contribution in [0.4, 0.5) is 0 Å². The minimum Gasteiger partial charge on any atom is -0.475 e. The predicted molar refractivity (Wildman–Crippen MR) is 86.6 cm³/mol. The third-order valence-electron chi connectivity index (χ3n) is 3.62. The summed E-state index contributed by atoms with van der Waals surface area (Å²) in [5.41, 5.74) is 0.287. The van der Waals surface area contributed by atoms with Gasteiger partial charge in [-0.25, -0.2) is 17.9 Å². The van der Waals surface area contributed by atoms with Crippen LogP contribution in [-0.4, -0.2) is 31.4 Å². The van der Waals surface area contributed by atoms with E-state index < -0.39 is 21.9 Å². The van der Waals surface area contributed by atoms with E-state index in [0.717, 1.165) is 12.8 Å². The molecule has 9 heteroatoms. The van der Waals surface area contributed by atoms with E-state index in [-0.39, 0.29) is 28.8 Å². The van der Waals surface area contributed by atoms with Crippen LogP contribution in [0.15, 0.2) is 45.7 Å². The molecule has 1 heterocycles. The number of rotatable bonds is 7. The van der Waals surface area contributed by atoms with E-state index in [4.69, 9.17) is 9.52 Å². The molecule has 2 aromatic rings. The van der Waals surface area contributed by atoms with Gasteiger partial charge in [-0.05, 0) is 49.2 Å². The minimum absolute atomic E-state index is 0.0111. The largest absolute Gasteiger partial charge is 0.475 e. The smallest absolute Gasteiger partial charge is 0.371 e. The van der Waals surface area contributed by atoms with E-state index in [0.29, 0.717) is 5.76 Å². The highest BCUT2D eigenvalue weighted by molar-refractivity contribution is 7.89. The molecule has 0 atom stereocenters. The van der Waals surface area contributed by atoms with Gasteiger partial charge in [0.05, 0.1) is 11.4 Å². The van der Waals surface area contributed by atoms with Gasteiger partial charge in [0, 0.05) is 11.6 Å². The fourth-order valence-electron chi connectivity index (χ4n) is 2.13. The molecule has 0 spiro atoms. The van der Waals surface area contributed by atoms with Gasteiger partial charge in [0.25, 0.3) is 5.91 Å². The van der Waals surface area contributed by atoms with Crippen molar-refractivity contribution in [2.24, 2.45) is 0 Å². The lowest BCUT2D eigenvalue weighted by molar-refractivity contribution is 0.0660. The molecule has 0 aliphatic heterocycles. The average Bonchev–Trinajstić information content (AvgIpc) is 3.24. The fourth-order valence-corrected chi connectivity index (χ4v) is 3.44. The van der Waals surface area contributed by atoms with Crippen molar-refractivity contribution in [3.8, 4) is 0 Å². The summed E-state index contributed by atoms with van der Waals surface area (Å²) in [7, 11) is -3.55. The highest BCUT2D eigenvalue weighted by Crippen LogP contribution is 2.22. The van der Waals surface area contributed by atoms with Gasteiger partial charge in [0.2, 0.25) is 15.8 Å². The lowest BCUT2D eigenvalue weighted by Crippen LogP contribution is -2.26. The number of nitrogens with one attached hydrogen (secondary N) is 2. The summed E-state index contributed by atoms with van der Waals surface area (Å²) in [5, 5.41) is 11.3. The number of carboxylic acid groups (broad SMARTS) is 1. The molecule has 1 fully saturated rings. The average molecular weight is 364 g/mol. The Morgan fingerprint density at radius 1 is 1.12 bits per heavy atom. The van der Waals surface area contributed by atoms with Crippen molar-refractivity contribution in [3.63, 3.8) is 0 Å². The van der Waals surface area contributed by atoms with E-state index >= 15 is 0 Å². The first-order valence-electron chi connectivity index (χ1n) is 7.58. The molecular formula is C16H16N2O6S. The minimum atomic E-state index is -3.55. The summed E-state index contributed by atoms with van der Waals surface area (Å²) in [6.07, 6.45) is 1.69. The first-order valence-corrected chi connectivity index (χ1v) is 9.06. The van der Waals surface area contributed by atoms with E-state index in [1.54, 1.807) is 0 Å². The van der Waals surface area contributed by atoms with Gasteiger partial charge in [0.1, 0.15) is 5.76 Å². The normalized spacial score (nSPS) is 14.2. The van der Waals surface area contributed by atoms with E-state index in [1.165, 1.54) is 36.4 Å². The molecule has 1 saturated carbocycles. The molecule has 1 aromatic heterocycles. The van der Waals surface area contributed by atoms with Gasteiger partial charge >= 0.3 is 5.97 Å². The second-order valence-electron chi connectivity index (χ2n) is 5.67. The highest BCUT2D eigenvalue weighted by atomic mass is 32.2. The molecule has 0 radical (unpaired) electrons. The second kappa shape index (κ2) is 6.69. The van der Waals surface area contributed by atoms with E-state index in [9.17, 15) is 18.0 Å². The molecule has 1 aliphatic carbocycles. The number of carboxylic acids is 1. The molecule has 0 unspecified atom stereocenters. The molecule has 25 heavy (non-hydrogen) atoms. The topological polar surface area (TPSA) is 126 Å². The third kappa shape index (κ3) is 4.25. The van der Waals surface area contributed by atoms with Crippen molar-refractivity contribution in [2.45, 2.75) is 30.3 Å². The maximum Gasteiger partial charge on any atom is 0.371 e. The standard InChI is InChI=1S/C16H16N2O6S/c19-15(17-9-12-5-8-14(24-12)16(20)21)10-1-6-13(7-2-10)25(22,23)18-11-3-4-11/h1-2,5-8,11,18H,3-4,9H2,(H,17,19)(H,20,21). The Morgan fingerprint density at radius 3 is 2.36 bits per heavy atom. The third-order valence-corrected chi connectivity index (χ3v) is 5.16. The molecule has 3 rings (SSSR count). The van der Waals surface area contributed by atoms with Crippen molar-refractivity contribution >= 4 is 21.9 Å². The molecular weight excluding hydrogens is 348 g/mol. The number of amides is 1. The van der Waals surface area contributed by atoms with Gasteiger partial charge in [0.15, 0.2) is 0 Å². The Hall–Kier alpha value is -2.65. The van der Waals surface area contributed by atoms with Gasteiger partial charge in [-0.1, -0.05) is 0 Å². The van der Waals surface area contributed by atoms with Gasteiger partial charge in [-0.15, -0.1) is 0 Å². The van der Waals surface area contributed by atoms with Crippen molar-refractivity contribution in [3.05, 3.63) is 53.5 Å². The van der Waals surface area contributed by atoms with Crippen LogP contribution in [0.25, 0.3) is 0 Å². The number of carbonyl (C=O) groups excluding carboxylic acids is 1. The molecule has 132 valence electrons. The van der Waals surface area contributed by atoms with Crippen LogP contribution in [0.1, 0.15) is 39.5 Å². The van der Waals surface area contributed by atoms with Gasteiger partial charge in [-0.2, -0.15) is 0 Å². The Labute approximate surface area is 143 Å². The number of aromatic carboxylic acids is 1. The van der Waals surface area contributed by atoms with Crippen LogP contribution < -0.4 is 10.0 Å². The van der Waals surface area contributed by atoms with Crippen LogP contribution in [0.3, 0.4) is 0 Å². The Kier molecular flexibility index (Phi) is 4.60. The quantitative estimate of drug-likeness (QED) is 0.681. The first kappa shape index (κ1) is 17.2. The first-order chi connectivity index (χ1) is 11.8. The maximum atomic E-state index is 12.1. The Balaban J connectivity index is 1.61. The predicted octanol–water partition coefficient (Wildman–Crippen LogP) is 1.35. The van der Waals surface area contributed by atoms with Gasteiger partial charge < -0.3 is 14.8 Å². The molecule has 1 aromatic carbocycles. The van der Waals surface area contributed by atoms with E-state index in [2.05, 4.69) is 10.0 Å². The Morgan fingerprint density at radius 2 is 1.80 bits per heavy atom. The number of furan rings is 1. The zero-order valence-corrected chi connectivity index (χ0v) is 13.9. The molecule has 3 N–H and O–H groups in total. The summed E-state index contributed by atoms with van der Waals surface area (Å²) < 4.78 is 31.7. The van der Waals surface area contributed by atoms with Crippen LogP contribution in [0.5, 0.6) is 0 Å². The zero-order chi connectivity index (χ0) is 18.0. The SMILES string of the molecule is O=C(NCc1ccc(C(=O)O)o1)c1ccc(S(=O)(=O)NC2CC2)cc1. The molecule has 0 saturated heterocycles. The summed E-state index contributed by atoms with van der Waals surface area (Å²) >= 11 is 0. The number of benzene rings is 1. The Bertz CT molecular complexity index is 897. The number of hydrogen-bond acceptors (Lipinski definition) is 5. The number of hydrogen-bond donors (Lipinski definition) is 3. The number of sulfonamides is 1. The maximum absolute atomic E-state index is 12.1. The van der Waals surface area contributed by atoms with Crippen LogP contribution in [0, 0.1) is 0 Å². The molecule has 1 amide bonds. The molecule has 8 nitrogen and oxygen atoms in total. The zero-order valence-electron chi connectivity index (χ0n) is 13.1. The van der Waals surface area contributed by atoms with Crippen LogP contribution in [0.2, 0.25) is 0 Å². The lowest BCUT2D eigenvalue weighted by atomic mass is 10.2. The number of carbonyl (C=O) groups is 2. The van der Waals surface area contributed by atoms with Crippen molar-refractivity contribution in [1.82, 2.24) is 10.0 Å². The van der Waals surface area contributed by atoms with Gasteiger partial charge in [-0.3, -0.25) is 4.79 Å². The van der Waals surface area contributed by atoms with E-state index in [1.807, 2.05) is 0 Å². The summed E-state index contributed by atoms with van der Waals surface area (Å²) in [6.45, 7) is 0.0232. The summed E-state index contributed by atoms with van der Waals surface area (Å²) in [4.78, 5) is 22.9. The monoisotopic (exact) mass is 364 g/mol. The molecule has 0 bridgehead atoms. The molecule has 1 aliphatic rings. The van der Waals surface area contributed by atoms with Crippen molar-refractivity contribution < 1.29 is 27.5 Å². The summed E-state index contributed by atoms with van der Waals surface area (Å²) in [6, 6.07) is 8.35. The summed E-state index contributed by atoms with van der Waals surface area (Å²) in [5.74, 6) is -1.51. The lowest BCUT2D eigenvalue weighted by Gasteiger charge is -2.07.